The molecule has 0 aliphatic heterocycles. The van der Waals surface area contributed by atoms with Crippen molar-refractivity contribution in [3.63, 3.8) is 0 Å². The van der Waals surface area contributed by atoms with Crippen molar-refractivity contribution >= 4 is 27.8 Å². The standard InChI is InChI=1S/C13H17BrN2O4/c1-4-9(11(18)19)15-12(20)13(2,3)16-7-8(14)5-6-10(16)17/h5-7,9H,4H2,1-3H3,(H,15,20)(H,18,19). The topological polar surface area (TPSA) is 88.4 Å². The average Bonchev–Trinajstić information content (AvgIpc) is 2.37. The molecule has 1 amide bonds. The van der Waals surface area contributed by atoms with E-state index in [4.69, 9.17) is 5.11 Å². The van der Waals surface area contributed by atoms with Gasteiger partial charge in [-0.2, -0.15) is 0 Å². The summed E-state index contributed by atoms with van der Waals surface area (Å²) < 4.78 is 1.92. The van der Waals surface area contributed by atoms with Crippen molar-refractivity contribution in [2.75, 3.05) is 0 Å². The number of rotatable bonds is 5. The van der Waals surface area contributed by atoms with E-state index in [2.05, 4.69) is 21.2 Å². The van der Waals surface area contributed by atoms with Gasteiger partial charge in [-0.1, -0.05) is 6.92 Å². The number of amides is 1. The van der Waals surface area contributed by atoms with Crippen LogP contribution < -0.4 is 10.9 Å². The molecular weight excluding hydrogens is 328 g/mol. The Hall–Kier alpha value is -1.63. The quantitative estimate of drug-likeness (QED) is 0.843. The Kier molecular flexibility index (Phi) is 5.10. The molecule has 0 bridgehead atoms. The van der Waals surface area contributed by atoms with Gasteiger partial charge in [-0.25, -0.2) is 4.79 Å². The number of pyridine rings is 1. The van der Waals surface area contributed by atoms with E-state index in [1.54, 1.807) is 26.8 Å². The molecule has 1 rings (SSSR count). The maximum absolute atomic E-state index is 12.3. The number of carboxylic acid groups (broad SMARTS) is 1. The molecule has 1 unspecified atom stereocenters. The Labute approximate surface area is 124 Å². The molecule has 0 saturated carbocycles. The zero-order valence-corrected chi connectivity index (χ0v) is 13.1. The second kappa shape index (κ2) is 6.21. The van der Waals surface area contributed by atoms with Crippen LogP contribution in [0.25, 0.3) is 0 Å². The zero-order valence-electron chi connectivity index (χ0n) is 11.5. The lowest BCUT2D eigenvalue weighted by atomic mass is 10.0. The lowest BCUT2D eigenvalue weighted by Crippen LogP contribution is -2.52. The molecule has 110 valence electrons. The third kappa shape index (κ3) is 3.47. The van der Waals surface area contributed by atoms with Gasteiger partial charge in [0.15, 0.2) is 0 Å². The highest BCUT2D eigenvalue weighted by molar-refractivity contribution is 9.10. The summed E-state index contributed by atoms with van der Waals surface area (Å²) in [5, 5.41) is 11.4. The highest BCUT2D eigenvalue weighted by atomic mass is 79.9. The number of halogens is 1. The largest absolute Gasteiger partial charge is 0.480 e. The molecule has 0 spiro atoms. The van der Waals surface area contributed by atoms with E-state index in [1.807, 2.05) is 0 Å². The lowest BCUT2D eigenvalue weighted by Gasteiger charge is -2.28. The fraction of sp³-hybridized carbons (Fsp3) is 0.462. The molecule has 6 nitrogen and oxygen atoms in total. The van der Waals surface area contributed by atoms with Crippen molar-refractivity contribution < 1.29 is 14.7 Å². The number of aromatic nitrogens is 1. The predicted molar refractivity (Wildman–Crippen MR) is 77.6 cm³/mol. The van der Waals surface area contributed by atoms with Crippen LogP contribution in [0.4, 0.5) is 0 Å². The molecule has 1 aromatic rings. The van der Waals surface area contributed by atoms with E-state index in [1.165, 1.54) is 16.8 Å². The minimum atomic E-state index is -1.19. The molecular formula is C13H17BrN2O4. The molecule has 1 atom stereocenters. The number of carbonyl (C=O) groups is 2. The number of aliphatic carboxylic acids is 1. The van der Waals surface area contributed by atoms with Crippen molar-refractivity contribution in [1.82, 2.24) is 9.88 Å². The van der Waals surface area contributed by atoms with Gasteiger partial charge in [0.05, 0.1) is 0 Å². The van der Waals surface area contributed by atoms with Crippen LogP contribution >= 0.6 is 15.9 Å². The monoisotopic (exact) mass is 344 g/mol. The van der Waals surface area contributed by atoms with Crippen LogP contribution in [-0.2, 0) is 15.1 Å². The fourth-order valence-electron chi connectivity index (χ4n) is 1.68. The molecule has 0 aliphatic carbocycles. The third-order valence-corrected chi connectivity index (χ3v) is 3.51. The second-order valence-corrected chi connectivity index (χ2v) is 5.80. The second-order valence-electron chi connectivity index (χ2n) is 4.89. The first-order valence-corrected chi connectivity index (χ1v) is 6.92. The van der Waals surface area contributed by atoms with Gasteiger partial charge >= 0.3 is 5.97 Å². The lowest BCUT2D eigenvalue weighted by molar-refractivity contribution is -0.143. The first-order chi connectivity index (χ1) is 9.20. The van der Waals surface area contributed by atoms with Crippen LogP contribution in [0.5, 0.6) is 0 Å². The fourth-order valence-corrected chi connectivity index (χ4v) is 2.02. The molecule has 0 aliphatic rings. The summed E-state index contributed by atoms with van der Waals surface area (Å²) in [7, 11) is 0. The van der Waals surface area contributed by atoms with Crippen LogP contribution in [0.15, 0.2) is 27.6 Å². The van der Waals surface area contributed by atoms with E-state index >= 15 is 0 Å². The maximum Gasteiger partial charge on any atom is 0.326 e. The number of hydrogen-bond donors (Lipinski definition) is 2. The molecule has 2 N–H and O–H groups in total. The van der Waals surface area contributed by atoms with Gasteiger partial charge in [0.1, 0.15) is 11.6 Å². The smallest absolute Gasteiger partial charge is 0.326 e. The van der Waals surface area contributed by atoms with Gasteiger partial charge in [0, 0.05) is 16.7 Å². The average molecular weight is 345 g/mol. The summed E-state index contributed by atoms with van der Waals surface area (Å²) in [5.74, 6) is -1.62. The number of hydrogen-bond acceptors (Lipinski definition) is 3. The molecule has 1 heterocycles. The zero-order chi connectivity index (χ0) is 15.5. The number of carboxylic acids is 1. The van der Waals surface area contributed by atoms with Gasteiger partial charge in [0.25, 0.3) is 5.56 Å². The predicted octanol–water partition coefficient (Wildman–Crippen LogP) is 1.33. The summed E-state index contributed by atoms with van der Waals surface area (Å²) >= 11 is 3.24. The normalized spacial score (nSPS) is 12.8. The van der Waals surface area contributed by atoms with Crippen LogP contribution in [0, 0.1) is 0 Å². The number of nitrogens with one attached hydrogen (secondary N) is 1. The van der Waals surface area contributed by atoms with Crippen LogP contribution in [0.1, 0.15) is 27.2 Å². The van der Waals surface area contributed by atoms with Gasteiger partial charge in [-0.05, 0) is 42.3 Å². The Morgan fingerprint density at radius 2 is 2.05 bits per heavy atom. The number of nitrogens with zero attached hydrogens (tertiary/aromatic N) is 1. The molecule has 0 aromatic carbocycles. The van der Waals surface area contributed by atoms with Gasteiger partial charge in [0.2, 0.25) is 5.91 Å². The van der Waals surface area contributed by atoms with Crippen molar-refractivity contribution in [3.8, 4) is 0 Å². The summed E-state index contributed by atoms with van der Waals surface area (Å²) in [5.41, 5.74) is -1.53. The van der Waals surface area contributed by atoms with Crippen molar-refractivity contribution in [2.45, 2.75) is 38.8 Å². The van der Waals surface area contributed by atoms with Crippen molar-refractivity contribution in [1.29, 1.82) is 0 Å². The van der Waals surface area contributed by atoms with E-state index < -0.39 is 23.5 Å². The Balaban J connectivity index is 3.09. The maximum atomic E-state index is 12.3. The summed E-state index contributed by atoms with van der Waals surface area (Å²) in [6.45, 7) is 4.78. The van der Waals surface area contributed by atoms with Crippen molar-refractivity contribution in [3.05, 3.63) is 33.2 Å². The molecule has 1 aromatic heterocycles. The molecule has 0 radical (unpaired) electrons. The number of carbonyl (C=O) groups excluding carboxylic acids is 1. The van der Waals surface area contributed by atoms with E-state index in [9.17, 15) is 14.4 Å². The first-order valence-electron chi connectivity index (χ1n) is 6.12. The highest BCUT2D eigenvalue weighted by Gasteiger charge is 2.33. The van der Waals surface area contributed by atoms with Gasteiger partial charge in [-0.3, -0.25) is 14.2 Å². The van der Waals surface area contributed by atoms with Crippen molar-refractivity contribution in [2.24, 2.45) is 0 Å². The minimum Gasteiger partial charge on any atom is -0.480 e. The molecule has 0 fully saturated rings. The van der Waals surface area contributed by atoms with E-state index in [0.29, 0.717) is 4.47 Å². The Bertz CT molecular complexity index is 580. The van der Waals surface area contributed by atoms with Crippen LogP contribution in [0.2, 0.25) is 0 Å². The van der Waals surface area contributed by atoms with E-state index in [0.717, 1.165) is 0 Å². The molecule has 0 saturated heterocycles. The summed E-state index contributed by atoms with van der Waals surface area (Å²) in [6.07, 6.45) is 1.77. The van der Waals surface area contributed by atoms with Crippen LogP contribution in [0.3, 0.4) is 0 Å². The first kappa shape index (κ1) is 16.4. The van der Waals surface area contributed by atoms with E-state index in [-0.39, 0.29) is 12.0 Å². The minimum absolute atomic E-state index is 0.268. The Morgan fingerprint density at radius 1 is 1.45 bits per heavy atom. The molecule has 7 heteroatoms. The summed E-state index contributed by atoms with van der Waals surface area (Å²) in [4.78, 5) is 35.1. The van der Waals surface area contributed by atoms with Gasteiger partial charge < -0.3 is 10.4 Å². The van der Waals surface area contributed by atoms with Gasteiger partial charge in [-0.15, -0.1) is 0 Å². The SMILES string of the molecule is CCC(NC(=O)C(C)(C)n1cc(Br)ccc1=O)C(=O)O. The molecule has 20 heavy (non-hydrogen) atoms. The summed E-state index contributed by atoms with van der Waals surface area (Å²) in [6, 6.07) is 1.96. The third-order valence-electron chi connectivity index (χ3n) is 3.04. The Morgan fingerprint density at radius 3 is 2.55 bits per heavy atom. The van der Waals surface area contributed by atoms with Crippen LogP contribution in [-0.4, -0.2) is 27.6 Å². The highest BCUT2D eigenvalue weighted by Crippen LogP contribution is 2.16.